The van der Waals surface area contributed by atoms with Crippen LogP contribution in [0.25, 0.3) is 0 Å². The number of carbonyl (C=O) groups excluding carboxylic acids is 2. The fraction of sp³-hybridized carbons (Fsp3) is 0.680. The summed E-state index contributed by atoms with van der Waals surface area (Å²) in [6.07, 6.45) is 0.481. The Morgan fingerprint density at radius 1 is 1.14 bits per heavy atom. The third kappa shape index (κ3) is 5.01. The molecule has 0 spiro atoms. The van der Waals surface area contributed by atoms with Gasteiger partial charge in [0, 0.05) is 50.5 Å². The minimum Gasteiger partial charge on any atom is -0.493 e. The lowest BCUT2D eigenvalue weighted by molar-refractivity contribution is -0.148. The number of piperazine rings is 1. The molecule has 2 amide bonds. The molecular formula is C25H34F2N4O4. The minimum absolute atomic E-state index is 0.0512. The van der Waals surface area contributed by atoms with Crippen LogP contribution in [0.15, 0.2) is 24.3 Å². The van der Waals surface area contributed by atoms with Crippen molar-refractivity contribution in [1.82, 2.24) is 15.1 Å². The third-order valence-corrected chi connectivity index (χ3v) is 8.11. The molecule has 0 bridgehead atoms. The average molecular weight is 493 g/mol. The highest BCUT2D eigenvalue weighted by Gasteiger charge is 2.47. The number of nitrogens with two attached hydrogens (primary N) is 1. The first-order valence-electron chi connectivity index (χ1n) is 12.6. The maximum atomic E-state index is 13.6. The van der Waals surface area contributed by atoms with E-state index in [4.69, 9.17) is 10.5 Å². The zero-order valence-electron chi connectivity index (χ0n) is 19.7. The highest BCUT2D eigenvalue weighted by atomic mass is 19.3. The number of amides is 2. The normalized spacial score (nSPS) is 31.7. The molecule has 2 saturated heterocycles. The van der Waals surface area contributed by atoms with Gasteiger partial charge >= 0.3 is 0 Å². The van der Waals surface area contributed by atoms with Crippen molar-refractivity contribution in [2.75, 3.05) is 26.2 Å². The molecule has 8 nitrogen and oxygen atoms in total. The molecule has 5 unspecified atom stereocenters. The number of ether oxygens (including phenoxy) is 1. The standard InChI is InChI=1S/C25H34F2N4O4/c26-25(27)8-5-15(6-9-25)22(28)24(34)31-12-16-11-17(32)13-30(16)14-20(31)23(33)29-19-7-10-35-21-4-2-1-3-18(19)21/h1-4,15-17,19-20,22,32H,5-14,28H2,(H,29,33). The second kappa shape index (κ2) is 9.63. The van der Waals surface area contributed by atoms with Crippen molar-refractivity contribution in [2.24, 2.45) is 11.7 Å². The van der Waals surface area contributed by atoms with Crippen LogP contribution >= 0.6 is 0 Å². The maximum absolute atomic E-state index is 13.6. The van der Waals surface area contributed by atoms with Crippen molar-refractivity contribution < 1.29 is 28.2 Å². The maximum Gasteiger partial charge on any atom is 0.248 e. The Morgan fingerprint density at radius 3 is 2.66 bits per heavy atom. The molecular weight excluding hydrogens is 458 g/mol. The quantitative estimate of drug-likeness (QED) is 0.587. The van der Waals surface area contributed by atoms with Crippen LogP contribution in [-0.2, 0) is 9.59 Å². The summed E-state index contributed by atoms with van der Waals surface area (Å²) in [5.74, 6) is -2.94. The molecule has 1 aromatic rings. The topological polar surface area (TPSA) is 108 Å². The van der Waals surface area contributed by atoms with Gasteiger partial charge in [-0.1, -0.05) is 18.2 Å². The molecule has 0 aromatic heterocycles. The summed E-state index contributed by atoms with van der Waals surface area (Å²) < 4.78 is 33.0. The second-order valence-electron chi connectivity index (χ2n) is 10.5. The number of carbonyl (C=O) groups is 2. The number of nitrogens with one attached hydrogen (secondary N) is 1. The van der Waals surface area contributed by atoms with Gasteiger partial charge in [0.1, 0.15) is 11.8 Å². The van der Waals surface area contributed by atoms with Crippen LogP contribution in [0.1, 0.15) is 50.1 Å². The van der Waals surface area contributed by atoms with E-state index in [9.17, 15) is 23.5 Å². The first kappa shape index (κ1) is 24.4. The van der Waals surface area contributed by atoms with E-state index >= 15 is 0 Å². The van der Waals surface area contributed by atoms with Crippen molar-refractivity contribution in [3.63, 3.8) is 0 Å². The van der Waals surface area contributed by atoms with E-state index in [0.29, 0.717) is 32.5 Å². The summed E-state index contributed by atoms with van der Waals surface area (Å²) in [5, 5.41) is 13.3. The van der Waals surface area contributed by atoms with Gasteiger partial charge in [0.05, 0.1) is 24.8 Å². The molecule has 3 heterocycles. The number of para-hydroxylation sites is 1. The average Bonchev–Trinajstić information content (AvgIpc) is 3.21. The molecule has 0 radical (unpaired) electrons. The van der Waals surface area contributed by atoms with Gasteiger partial charge in [-0.05, 0) is 31.2 Å². The molecule has 5 atom stereocenters. The largest absolute Gasteiger partial charge is 0.493 e. The molecule has 3 aliphatic heterocycles. The molecule has 192 valence electrons. The summed E-state index contributed by atoms with van der Waals surface area (Å²) >= 11 is 0. The number of halogens is 2. The van der Waals surface area contributed by atoms with Crippen LogP contribution in [0.4, 0.5) is 8.78 Å². The Hall–Kier alpha value is -2.30. The van der Waals surface area contributed by atoms with Gasteiger partial charge in [-0.15, -0.1) is 0 Å². The molecule has 4 N–H and O–H groups in total. The number of benzene rings is 1. The van der Waals surface area contributed by atoms with Crippen molar-refractivity contribution in [3.05, 3.63) is 29.8 Å². The lowest BCUT2D eigenvalue weighted by Gasteiger charge is -2.45. The van der Waals surface area contributed by atoms with Crippen molar-refractivity contribution in [2.45, 2.75) is 74.7 Å². The molecule has 10 heteroatoms. The summed E-state index contributed by atoms with van der Waals surface area (Å²) in [6, 6.07) is 5.58. The zero-order chi connectivity index (χ0) is 24.7. The molecule has 1 aliphatic carbocycles. The van der Waals surface area contributed by atoms with Crippen LogP contribution in [0.3, 0.4) is 0 Å². The number of rotatable bonds is 4. The van der Waals surface area contributed by atoms with E-state index in [1.165, 1.54) is 4.90 Å². The molecule has 3 fully saturated rings. The summed E-state index contributed by atoms with van der Waals surface area (Å²) in [4.78, 5) is 30.7. The molecule has 1 saturated carbocycles. The number of fused-ring (bicyclic) bond motifs is 2. The summed E-state index contributed by atoms with van der Waals surface area (Å²) in [7, 11) is 0. The predicted molar refractivity (Wildman–Crippen MR) is 124 cm³/mol. The van der Waals surface area contributed by atoms with Gasteiger partial charge < -0.3 is 25.8 Å². The highest BCUT2D eigenvalue weighted by molar-refractivity contribution is 5.90. The lowest BCUT2D eigenvalue weighted by atomic mass is 9.81. The number of hydrogen-bond acceptors (Lipinski definition) is 6. The number of aliphatic hydroxyl groups excluding tert-OH is 1. The van der Waals surface area contributed by atoms with Gasteiger partial charge in [-0.3, -0.25) is 14.5 Å². The Morgan fingerprint density at radius 2 is 1.89 bits per heavy atom. The summed E-state index contributed by atoms with van der Waals surface area (Å²) in [6.45, 7) is 1.53. The monoisotopic (exact) mass is 492 g/mol. The fourth-order valence-electron chi connectivity index (χ4n) is 6.09. The molecule has 5 rings (SSSR count). The van der Waals surface area contributed by atoms with E-state index in [1.807, 2.05) is 24.3 Å². The van der Waals surface area contributed by atoms with Crippen LogP contribution in [0.2, 0.25) is 0 Å². The van der Waals surface area contributed by atoms with E-state index < -0.39 is 24.1 Å². The first-order valence-corrected chi connectivity index (χ1v) is 12.6. The van der Waals surface area contributed by atoms with Gasteiger partial charge in [-0.2, -0.15) is 0 Å². The predicted octanol–water partition coefficient (Wildman–Crippen LogP) is 1.43. The Bertz CT molecular complexity index is 953. The van der Waals surface area contributed by atoms with Gasteiger partial charge in [0.25, 0.3) is 0 Å². The Labute approximate surface area is 203 Å². The van der Waals surface area contributed by atoms with Crippen LogP contribution in [0.5, 0.6) is 5.75 Å². The Kier molecular flexibility index (Phi) is 6.71. The van der Waals surface area contributed by atoms with E-state index in [1.54, 1.807) is 0 Å². The van der Waals surface area contributed by atoms with E-state index in [2.05, 4.69) is 10.2 Å². The van der Waals surface area contributed by atoms with E-state index in [-0.39, 0.29) is 62.0 Å². The smallest absolute Gasteiger partial charge is 0.248 e. The van der Waals surface area contributed by atoms with Crippen LogP contribution in [0, 0.1) is 5.92 Å². The lowest BCUT2D eigenvalue weighted by Crippen LogP contribution is -2.65. The van der Waals surface area contributed by atoms with Crippen molar-refractivity contribution in [3.8, 4) is 5.75 Å². The number of nitrogens with zero attached hydrogens (tertiary/aromatic N) is 2. The van der Waals surface area contributed by atoms with Crippen LogP contribution in [-0.4, -0.2) is 83.1 Å². The van der Waals surface area contributed by atoms with E-state index in [0.717, 1.165) is 11.3 Å². The van der Waals surface area contributed by atoms with Gasteiger partial charge in [0.15, 0.2) is 0 Å². The Balaban J connectivity index is 1.33. The fourth-order valence-corrected chi connectivity index (χ4v) is 6.09. The molecule has 35 heavy (non-hydrogen) atoms. The first-order chi connectivity index (χ1) is 16.7. The highest BCUT2D eigenvalue weighted by Crippen LogP contribution is 2.38. The second-order valence-corrected chi connectivity index (χ2v) is 10.5. The zero-order valence-corrected chi connectivity index (χ0v) is 19.7. The van der Waals surface area contributed by atoms with Gasteiger partial charge in [-0.25, -0.2) is 8.78 Å². The van der Waals surface area contributed by atoms with Crippen molar-refractivity contribution in [1.29, 1.82) is 0 Å². The minimum atomic E-state index is -2.70. The SMILES string of the molecule is NC(C(=O)N1CC2CC(O)CN2CC1C(=O)NC1CCOc2ccccc21)C1CCC(F)(F)CC1. The van der Waals surface area contributed by atoms with Crippen LogP contribution < -0.4 is 15.8 Å². The van der Waals surface area contributed by atoms with Crippen molar-refractivity contribution >= 4 is 11.8 Å². The summed E-state index contributed by atoms with van der Waals surface area (Å²) in [5.41, 5.74) is 7.24. The number of hydrogen-bond donors (Lipinski definition) is 3. The molecule has 4 aliphatic rings. The van der Waals surface area contributed by atoms with Gasteiger partial charge in [0.2, 0.25) is 17.7 Å². The number of aliphatic hydroxyl groups is 1. The third-order valence-electron chi connectivity index (χ3n) is 8.11. The number of alkyl halides is 2. The molecule has 1 aromatic carbocycles.